The van der Waals surface area contributed by atoms with Crippen molar-refractivity contribution >= 4 is 17.3 Å². The second kappa shape index (κ2) is 10.6. The van der Waals surface area contributed by atoms with E-state index in [9.17, 15) is 4.79 Å². The largest absolute Gasteiger partial charge is 0.497 e. The molecule has 2 aliphatic carbocycles. The topological polar surface area (TPSA) is 71.6 Å². The lowest BCUT2D eigenvalue weighted by Gasteiger charge is -2.44. The van der Waals surface area contributed by atoms with Gasteiger partial charge in [-0.05, 0) is 62.3 Å². The summed E-state index contributed by atoms with van der Waals surface area (Å²) in [6, 6.07) is 12.5. The molecule has 6 nitrogen and oxygen atoms in total. The highest BCUT2D eigenvalue weighted by Crippen LogP contribution is 2.52. The van der Waals surface area contributed by atoms with Crippen LogP contribution in [0.1, 0.15) is 75.3 Å². The molecule has 5 rings (SSSR count). The maximum absolute atomic E-state index is 14.4. The van der Waals surface area contributed by atoms with Crippen molar-refractivity contribution in [2.45, 2.75) is 82.8 Å². The Kier molecular flexibility index (Phi) is 7.31. The Labute approximate surface area is 215 Å². The summed E-state index contributed by atoms with van der Waals surface area (Å²) in [5, 5.41) is 11.2. The first-order valence-electron chi connectivity index (χ1n) is 13.7. The number of rotatable bonds is 7. The molecule has 1 heterocycles. The van der Waals surface area contributed by atoms with Crippen molar-refractivity contribution in [2.75, 3.05) is 24.9 Å². The second-order valence-electron chi connectivity index (χ2n) is 10.8. The van der Waals surface area contributed by atoms with Crippen LogP contribution in [0.25, 0.3) is 0 Å². The van der Waals surface area contributed by atoms with Crippen LogP contribution in [0.2, 0.25) is 0 Å². The Balaban J connectivity index is 1.63. The number of aryl methyl sites for hydroxylation is 1. The molecule has 2 unspecified atom stereocenters. The molecule has 0 bridgehead atoms. The average molecular weight is 492 g/mol. The molecule has 36 heavy (non-hydrogen) atoms. The van der Waals surface area contributed by atoms with Crippen LogP contribution in [0.5, 0.6) is 11.5 Å². The van der Waals surface area contributed by atoms with Gasteiger partial charge in [0.2, 0.25) is 5.91 Å². The van der Waals surface area contributed by atoms with Crippen LogP contribution in [0, 0.1) is 18.8 Å². The van der Waals surface area contributed by atoms with Crippen LogP contribution < -0.4 is 25.4 Å². The van der Waals surface area contributed by atoms with E-state index in [0.717, 1.165) is 53.9 Å². The van der Waals surface area contributed by atoms with E-state index >= 15 is 0 Å². The van der Waals surface area contributed by atoms with E-state index < -0.39 is 5.66 Å². The normalized spacial score (nSPS) is 23.2. The molecular formula is C30H41N3O3. The number of anilines is 2. The molecule has 0 saturated heterocycles. The summed E-state index contributed by atoms with van der Waals surface area (Å²) in [6.07, 6.45) is 11.5. The molecule has 2 saturated carbocycles. The first kappa shape index (κ1) is 24.8. The number of para-hydroxylation sites is 1. The molecule has 2 atom stereocenters. The standard InChI is InChI=1S/C30H41N3O3/c1-20-11-10-16-25-28(20)33-30(32-25,24-18-17-23(35-2)19-26(24)36-3)27(21-12-6-4-7-13-21)29(34)31-22-14-8-5-9-15-22/h10-11,16-19,21-22,27,32-33H,4-9,12-15H2,1-3H3,(H,31,34). The first-order chi connectivity index (χ1) is 17.6. The molecule has 3 aliphatic rings. The molecular weight excluding hydrogens is 450 g/mol. The highest BCUT2D eigenvalue weighted by atomic mass is 16.5. The van der Waals surface area contributed by atoms with Gasteiger partial charge in [0, 0.05) is 17.7 Å². The van der Waals surface area contributed by atoms with Gasteiger partial charge in [-0.1, -0.05) is 50.7 Å². The van der Waals surface area contributed by atoms with Gasteiger partial charge in [-0.2, -0.15) is 0 Å². The number of carbonyl (C=O) groups excluding carboxylic acids is 1. The third-order valence-corrected chi connectivity index (χ3v) is 8.58. The van der Waals surface area contributed by atoms with E-state index in [1.54, 1.807) is 14.2 Å². The zero-order valence-electron chi connectivity index (χ0n) is 22.0. The summed E-state index contributed by atoms with van der Waals surface area (Å²) in [5.74, 6) is 1.57. The van der Waals surface area contributed by atoms with Crippen LogP contribution in [-0.2, 0) is 10.5 Å². The van der Waals surface area contributed by atoms with Crippen LogP contribution in [0.15, 0.2) is 36.4 Å². The van der Waals surface area contributed by atoms with Gasteiger partial charge in [-0.15, -0.1) is 0 Å². The Morgan fingerprint density at radius 3 is 2.33 bits per heavy atom. The molecule has 2 aromatic carbocycles. The Morgan fingerprint density at radius 1 is 0.944 bits per heavy atom. The summed E-state index contributed by atoms with van der Waals surface area (Å²) >= 11 is 0. The minimum absolute atomic E-state index is 0.150. The van der Waals surface area contributed by atoms with Crippen LogP contribution in [0.3, 0.4) is 0 Å². The van der Waals surface area contributed by atoms with Gasteiger partial charge in [0.15, 0.2) is 5.66 Å². The van der Waals surface area contributed by atoms with Gasteiger partial charge >= 0.3 is 0 Å². The number of nitrogens with one attached hydrogen (secondary N) is 3. The van der Waals surface area contributed by atoms with Gasteiger partial charge in [0.1, 0.15) is 11.5 Å². The summed E-state index contributed by atoms with van der Waals surface area (Å²) in [6.45, 7) is 2.12. The van der Waals surface area contributed by atoms with E-state index in [4.69, 9.17) is 9.47 Å². The third-order valence-electron chi connectivity index (χ3n) is 8.58. The monoisotopic (exact) mass is 491 g/mol. The van der Waals surface area contributed by atoms with Gasteiger partial charge in [-0.25, -0.2) is 0 Å². The van der Waals surface area contributed by atoms with Gasteiger partial charge in [0.25, 0.3) is 0 Å². The van der Waals surface area contributed by atoms with Crippen molar-refractivity contribution in [2.24, 2.45) is 11.8 Å². The zero-order chi connectivity index (χ0) is 25.1. The number of hydrogen-bond acceptors (Lipinski definition) is 5. The molecule has 2 aromatic rings. The minimum atomic E-state index is -0.827. The number of hydrogen-bond donors (Lipinski definition) is 3. The van der Waals surface area contributed by atoms with E-state index in [-0.39, 0.29) is 23.8 Å². The number of ether oxygens (including phenoxy) is 2. The fraction of sp³-hybridized carbons (Fsp3) is 0.567. The quantitative estimate of drug-likeness (QED) is 0.421. The predicted molar refractivity (Wildman–Crippen MR) is 145 cm³/mol. The lowest BCUT2D eigenvalue weighted by Crippen LogP contribution is -2.57. The maximum atomic E-state index is 14.4. The molecule has 0 radical (unpaired) electrons. The number of benzene rings is 2. The maximum Gasteiger partial charge on any atom is 0.228 e. The van der Waals surface area contributed by atoms with Crippen LogP contribution >= 0.6 is 0 Å². The van der Waals surface area contributed by atoms with E-state index in [1.165, 1.54) is 38.5 Å². The Bertz CT molecular complexity index is 1080. The van der Waals surface area contributed by atoms with Gasteiger partial charge in [0.05, 0.1) is 31.5 Å². The molecule has 3 N–H and O–H groups in total. The van der Waals surface area contributed by atoms with Gasteiger partial charge < -0.3 is 25.4 Å². The fourth-order valence-corrected chi connectivity index (χ4v) is 6.73. The summed E-state index contributed by atoms with van der Waals surface area (Å²) in [5.41, 5.74) is 3.35. The van der Waals surface area contributed by atoms with Crippen LogP contribution in [-0.4, -0.2) is 26.2 Å². The SMILES string of the molecule is COc1ccc(C2(C(C(=O)NC3CCCCC3)C3CCCCC3)Nc3cccc(C)c3N2)c(OC)c1. The molecule has 0 aromatic heterocycles. The molecule has 1 aliphatic heterocycles. The zero-order valence-corrected chi connectivity index (χ0v) is 22.0. The number of methoxy groups -OCH3 is 2. The highest BCUT2D eigenvalue weighted by molar-refractivity contribution is 5.88. The lowest BCUT2D eigenvalue weighted by atomic mass is 9.70. The summed E-state index contributed by atoms with van der Waals surface area (Å²) < 4.78 is 11.4. The highest BCUT2D eigenvalue weighted by Gasteiger charge is 2.53. The third kappa shape index (κ3) is 4.62. The Morgan fingerprint density at radius 2 is 1.67 bits per heavy atom. The molecule has 2 fully saturated rings. The van der Waals surface area contributed by atoms with Gasteiger partial charge in [-0.3, -0.25) is 4.79 Å². The summed E-state index contributed by atoms with van der Waals surface area (Å²) in [7, 11) is 3.36. The van der Waals surface area contributed by atoms with Crippen molar-refractivity contribution in [3.63, 3.8) is 0 Å². The molecule has 194 valence electrons. The van der Waals surface area contributed by atoms with Crippen LogP contribution in [0.4, 0.5) is 11.4 Å². The lowest BCUT2D eigenvalue weighted by molar-refractivity contribution is -0.130. The first-order valence-corrected chi connectivity index (χ1v) is 13.7. The minimum Gasteiger partial charge on any atom is -0.497 e. The fourth-order valence-electron chi connectivity index (χ4n) is 6.73. The van der Waals surface area contributed by atoms with E-state index in [1.807, 2.05) is 12.1 Å². The van der Waals surface area contributed by atoms with Crippen molar-refractivity contribution < 1.29 is 14.3 Å². The molecule has 1 amide bonds. The number of carbonyl (C=O) groups is 1. The van der Waals surface area contributed by atoms with Crippen molar-refractivity contribution in [3.05, 3.63) is 47.5 Å². The van der Waals surface area contributed by atoms with Crippen molar-refractivity contribution in [1.29, 1.82) is 0 Å². The Hall–Kier alpha value is -2.89. The van der Waals surface area contributed by atoms with Crippen molar-refractivity contribution in [1.82, 2.24) is 5.32 Å². The molecule has 6 heteroatoms. The second-order valence-corrected chi connectivity index (χ2v) is 10.8. The number of fused-ring (bicyclic) bond motifs is 1. The van der Waals surface area contributed by atoms with Crippen molar-refractivity contribution in [3.8, 4) is 11.5 Å². The summed E-state index contributed by atoms with van der Waals surface area (Å²) in [4.78, 5) is 14.4. The van der Waals surface area contributed by atoms with E-state index in [2.05, 4.69) is 47.1 Å². The number of amides is 1. The molecule has 0 spiro atoms. The smallest absolute Gasteiger partial charge is 0.228 e. The van der Waals surface area contributed by atoms with E-state index in [0.29, 0.717) is 5.75 Å². The average Bonchev–Trinajstić information content (AvgIpc) is 3.31. The predicted octanol–water partition coefficient (Wildman–Crippen LogP) is 6.35.